The first-order valence-electron chi connectivity index (χ1n) is 6.52. The second kappa shape index (κ2) is 6.18. The highest BCUT2D eigenvalue weighted by molar-refractivity contribution is 5.25. The first-order valence-corrected chi connectivity index (χ1v) is 6.52. The van der Waals surface area contributed by atoms with Crippen molar-refractivity contribution in [1.82, 2.24) is 5.32 Å². The van der Waals surface area contributed by atoms with Gasteiger partial charge in [0, 0.05) is 18.6 Å². The van der Waals surface area contributed by atoms with E-state index in [4.69, 9.17) is 5.73 Å². The average Bonchev–Trinajstić information content (AvgIpc) is 2.36. The van der Waals surface area contributed by atoms with Gasteiger partial charge in [0.1, 0.15) is 0 Å². The largest absolute Gasteiger partial charge is 0.329 e. The molecule has 0 heterocycles. The Kier molecular flexibility index (Phi) is 5.16. The van der Waals surface area contributed by atoms with Crippen molar-refractivity contribution in [3.63, 3.8) is 0 Å². The van der Waals surface area contributed by atoms with Crippen LogP contribution in [-0.4, -0.2) is 12.1 Å². The van der Waals surface area contributed by atoms with Crippen molar-refractivity contribution in [3.05, 3.63) is 35.4 Å². The average molecular weight is 234 g/mol. The highest BCUT2D eigenvalue weighted by atomic mass is 15.0. The molecule has 0 radical (unpaired) electrons. The fraction of sp³-hybridized carbons (Fsp3) is 0.600. The fourth-order valence-corrected chi connectivity index (χ4v) is 1.61. The van der Waals surface area contributed by atoms with E-state index < -0.39 is 0 Å². The van der Waals surface area contributed by atoms with Crippen molar-refractivity contribution >= 4 is 0 Å². The van der Waals surface area contributed by atoms with Gasteiger partial charge in [-0.05, 0) is 37.3 Å². The van der Waals surface area contributed by atoms with Crippen molar-refractivity contribution in [2.45, 2.75) is 52.1 Å². The minimum atomic E-state index is 0.00931. The molecule has 0 aliphatic carbocycles. The molecule has 0 fully saturated rings. The Morgan fingerprint density at radius 2 is 1.82 bits per heavy atom. The van der Waals surface area contributed by atoms with Gasteiger partial charge in [-0.3, -0.25) is 0 Å². The van der Waals surface area contributed by atoms with Gasteiger partial charge in [-0.25, -0.2) is 0 Å². The molecule has 0 aromatic heterocycles. The van der Waals surface area contributed by atoms with E-state index >= 15 is 0 Å². The SMILES string of the molecule is CCC(C)c1ccc(CNC(C)(C)CN)cc1. The van der Waals surface area contributed by atoms with Crippen LogP contribution in [0.5, 0.6) is 0 Å². The first kappa shape index (κ1) is 14.2. The van der Waals surface area contributed by atoms with E-state index in [1.165, 1.54) is 17.5 Å². The molecule has 0 aliphatic rings. The molecule has 1 rings (SSSR count). The number of nitrogens with one attached hydrogen (secondary N) is 1. The molecule has 0 spiro atoms. The van der Waals surface area contributed by atoms with Gasteiger partial charge in [-0.15, -0.1) is 0 Å². The minimum Gasteiger partial charge on any atom is -0.329 e. The van der Waals surface area contributed by atoms with Crippen molar-refractivity contribution in [3.8, 4) is 0 Å². The predicted molar refractivity (Wildman–Crippen MR) is 75.1 cm³/mol. The topological polar surface area (TPSA) is 38.0 Å². The van der Waals surface area contributed by atoms with Gasteiger partial charge in [0.25, 0.3) is 0 Å². The molecular formula is C15H26N2. The molecule has 3 N–H and O–H groups in total. The Morgan fingerprint density at radius 3 is 2.29 bits per heavy atom. The molecule has 17 heavy (non-hydrogen) atoms. The van der Waals surface area contributed by atoms with Crippen LogP contribution < -0.4 is 11.1 Å². The van der Waals surface area contributed by atoms with Gasteiger partial charge in [0.2, 0.25) is 0 Å². The van der Waals surface area contributed by atoms with Gasteiger partial charge in [0.15, 0.2) is 0 Å². The normalized spacial score (nSPS) is 13.7. The van der Waals surface area contributed by atoms with E-state index in [-0.39, 0.29) is 5.54 Å². The molecule has 0 saturated heterocycles. The lowest BCUT2D eigenvalue weighted by atomic mass is 9.97. The van der Waals surface area contributed by atoms with Crippen LogP contribution in [0, 0.1) is 0 Å². The van der Waals surface area contributed by atoms with Crippen LogP contribution in [-0.2, 0) is 6.54 Å². The third-order valence-corrected chi connectivity index (χ3v) is 3.44. The first-order chi connectivity index (χ1) is 7.98. The lowest BCUT2D eigenvalue weighted by Gasteiger charge is -2.24. The van der Waals surface area contributed by atoms with E-state index in [9.17, 15) is 0 Å². The summed E-state index contributed by atoms with van der Waals surface area (Å²) < 4.78 is 0. The molecule has 2 nitrogen and oxygen atoms in total. The van der Waals surface area contributed by atoms with Gasteiger partial charge in [-0.1, -0.05) is 38.1 Å². The molecule has 2 heteroatoms. The molecule has 1 atom stereocenters. The maximum atomic E-state index is 5.69. The zero-order valence-corrected chi connectivity index (χ0v) is 11.6. The Hall–Kier alpha value is -0.860. The monoisotopic (exact) mass is 234 g/mol. The zero-order chi connectivity index (χ0) is 12.9. The summed E-state index contributed by atoms with van der Waals surface area (Å²) in [5, 5.41) is 3.46. The lowest BCUT2D eigenvalue weighted by Crippen LogP contribution is -2.45. The summed E-state index contributed by atoms with van der Waals surface area (Å²) in [4.78, 5) is 0. The fourth-order valence-electron chi connectivity index (χ4n) is 1.61. The van der Waals surface area contributed by atoms with E-state index in [1.807, 2.05) is 0 Å². The Balaban J connectivity index is 2.57. The standard InChI is InChI=1S/C15H26N2/c1-5-12(2)14-8-6-13(7-9-14)10-17-15(3,4)11-16/h6-9,12,17H,5,10-11,16H2,1-4H3. The summed E-state index contributed by atoms with van der Waals surface area (Å²) in [5.74, 6) is 0.650. The second-order valence-electron chi connectivity index (χ2n) is 5.49. The Morgan fingerprint density at radius 1 is 1.24 bits per heavy atom. The van der Waals surface area contributed by atoms with E-state index in [0.717, 1.165) is 6.54 Å². The van der Waals surface area contributed by atoms with Crippen molar-refractivity contribution in [2.75, 3.05) is 6.54 Å². The molecular weight excluding hydrogens is 208 g/mol. The highest BCUT2D eigenvalue weighted by Crippen LogP contribution is 2.18. The Bertz CT molecular complexity index is 327. The summed E-state index contributed by atoms with van der Waals surface area (Å²) in [7, 11) is 0. The molecule has 96 valence electrons. The highest BCUT2D eigenvalue weighted by Gasteiger charge is 2.13. The van der Waals surface area contributed by atoms with Crippen LogP contribution in [0.3, 0.4) is 0 Å². The van der Waals surface area contributed by atoms with Crippen LogP contribution in [0.1, 0.15) is 51.2 Å². The van der Waals surface area contributed by atoms with Gasteiger partial charge < -0.3 is 11.1 Å². The van der Waals surface area contributed by atoms with Gasteiger partial charge >= 0.3 is 0 Å². The van der Waals surface area contributed by atoms with Gasteiger partial charge in [-0.2, -0.15) is 0 Å². The van der Waals surface area contributed by atoms with E-state index in [2.05, 4.69) is 57.3 Å². The summed E-state index contributed by atoms with van der Waals surface area (Å²) in [6.07, 6.45) is 1.19. The zero-order valence-electron chi connectivity index (χ0n) is 11.6. The quantitative estimate of drug-likeness (QED) is 0.794. The Labute approximate surface area is 106 Å². The molecule has 1 aromatic carbocycles. The smallest absolute Gasteiger partial charge is 0.0250 e. The predicted octanol–water partition coefficient (Wildman–Crippen LogP) is 3.03. The number of rotatable bonds is 6. The maximum Gasteiger partial charge on any atom is 0.0250 e. The summed E-state index contributed by atoms with van der Waals surface area (Å²) in [6.45, 7) is 10.3. The van der Waals surface area contributed by atoms with Crippen LogP contribution in [0.4, 0.5) is 0 Å². The molecule has 1 aromatic rings. The van der Waals surface area contributed by atoms with Gasteiger partial charge in [0.05, 0.1) is 0 Å². The van der Waals surface area contributed by atoms with Crippen LogP contribution in [0.2, 0.25) is 0 Å². The van der Waals surface area contributed by atoms with Crippen molar-refractivity contribution < 1.29 is 0 Å². The summed E-state index contributed by atoms with van der Waals surface area (Å²) in [5.41, 5.74) is 8.44. The van der Waals surface area contributed by atoms with E-state index in [0.29, 0.717) is 12.5 Å². The molecule has 0 aliphatic heterocycles. The summed E-state index contributed by atoms with van der Waals surface area (Å²) in [6, 6.07) is 8.89. The van der Waals surface area contributed by atoms with E-state index in [1.54, 1.807) is 0 Å². The molecule has 0 bridgehead atoms. The second-order valence-corrected chi connectivity index (χ2v) is 5.49. The number of hydrogen-bond acceptors (Lipinski definition) is 2. The maximum absolute atomic E-state index is 5.69. The number of benzene rings is 1. The number of nitrogens with two attached hydrogens (primary N) is 1. The van der Waals surface area contributed by atoms with Crippen LogP contribution in [0.25, 0.3) is 0 Å². The lowest BCUT2D eigenvalue weighted by molar-refractivity contribution is 0.396. The van der Waals surface area contributed by atoms with Crippen LogP contribution >= 0.6 is 0 Å². The van der Waals surface area contributed by atoms with Crippen molar-refractivity contribution in [2.24, 2.45) is 5.73 Å². The van der Waals surface area contributed by atoms with Crippen molar-refractivity contribution in [1.29, 1.82) is 0 Å². The van der Waals surface area contributed by atoms with Crippen LogP contribution in [0.15, 0.2) is 24.3 Å². The third-order valence-electron chi connectivity index (χ3n) is 3.44. The summed E-state index contributed by atoms with van der Waals surface area (Å²) >= 11 is 0. The number of hydrogen-bond donors (Lipinski definition) is 2. The third kappa shape index (κ3) is 4.49. The molecule has 0 saturated carbocycles. The minimum absolute atomic E-state index is 0.00931. The molecule has 1 unspecified atom stereocenters. The molecule has 0 amide bonds.